The molecule has 0 unspecified atom stereocenters. The van der Waals surface area contributed by atoms with Crippen molar-refractivity contribution in [3.63, 3.8) is 0 Å². The van der Waals surface area contributed by atoms with E-state index in [4.69, 9.17) is 4.74 Å². The van der Waals surface area contributed by atoms with E-state index in [2.05, 4.69) is 15.3 Å². The van der Waals surface area contributed by atoms with Gasteiger partial charge in [-0.1, -0.05) is 24.3 Å². The maximum atomic E-state index is 12.4. The minimum Gasteiger partial charge on any atom is -0.482 e. The molecule has 0 spiro atoms. The molecule has 0 bridgehead atoms. The number of ether oxygens (including phenoxy) is 1. The van der Waals surface area contributed by atoms with E-state index >= 15 is 0 Å². The molecule has 2 amide bonds. The Balaban J connectivity index is 1.22. The van der Waals surface area contributed by atoms with Gasteiger partial charge in [-0.3, -0.25) is 9.59 Å². The molecule has 0 fully saturated rings. The van der Waals surface area contributed by atoms with Gasteiger partial charge >= 0.3 is 0 Å². The fourth-order valence-electron chi connectivity index (χ4n) is 3.41. The number of nitrogens with one attached hydrogen (secondary N) is 1. The number of amides is 2. The van der Waals surface area contributed by atoms with E-state index in [0.717, 1.165) is 20.8 Å². The second-order valence-corrected chi connectivity index (χ2v) is 8.05. The third-order valence-electron chi connectivity index (χ3n) is 4.94. The van der Waals surface area contributed by atoms with Gasteiger partial charge in [0.1, 0.15) is 16.6 Å². The van der Waals surface area contributed by atoms with Gasteiger partial charge < -0.3 is 15.0 Å². The van der Waals surface area contributed by atoms with E-state index in [1.807, 2.05) is 54.6 Å². The molecule has 2 aromatic carbocycles. The van der Waals surface area contributed by atoms with Gasteiger partial charge in [0, 0.05) is 24.7 Å². The highest BCUT2D eigenvalue weighted by Gasteiger charge is 2.25. The van der Waals surface area contributed by atoms with Gasteiger partial charge in [0.05, 0.1) is 15.9 Å². The molecule has 1 aliphatic heterocycles. The fraction of sp³-hybridized carbons (Fsp3) is 0.130. The predicted molar refractivity (Wildman–Crippen MR) is 120 cm³/mol. The summed E-state index contributed by atoms with van der Waals surface area (Å²) in [6.45, 7) is 0.252. The lowest BCUT2D eigenvalue weighted by atomic mass is 10.2. The quantitative estimate of drug-likeness (QED) is 0.515. The first-order valence-corrected chi connectivity index (χ1v) is 10.6. The predicted octanol–water partition coefficient (Wildman–Crippen LogP) is 4.11. The van der Waals surface area contributed by atoms with E-state index < -0.39 is 0 Å². The van der Waals surface area contributed by atoms with Gasteiger partial charge in [-0.15, -0.1) is 11.3 Å². The average Bonchev–Trinajstić information content (AvgIpc) is 3.23. The van der Waals surface area contributed by atoms with E-state index in [1.54, 1.807) is 28.5 Å². The van der Waals surface area contributed by atoms with Crippen LogP contribution in [-0.4, -0.2) is 34.9 Å². The van der Waals surface area contributed by atoms with Crippen LogP contribution >= 0.6 is 11.3 Å². The minimum absolute atomic E-state index is 0.0204. The molecule has 0 saturated carbocycles. The fourth-order valence-corrected chi connectivity index (χ4v) is 4.36. The van der Waals surface area contributed by atoms with Crippen molar-refractivity contribution in [1.29, 1.82) is 0 Å². The number of pyridine rings is 1. The molecule has 8 heteroatoms. The van der Waals surface area contributed by atoms with Gasteiger partial charge in [0.2, 0.25) is 5.91 Å². The summed E-state index contributed by atoms with van der Waals surface area (Å²) in [6, 6.07) is 18.9. The van der Waals surface area contributed by atoms with Crippen molar-refractivity contribution in [2.75, 3.05) is 23.4 Å². The molecule has 1 N–H and O–H groups in total. The zero-order valence-corrected chi connectivity index (χ0v) is 17.3. The number of carbonyl (C=O) groups is 2. The van der Waals surface area contributed by atoms with Crippen molar-refractivity contribution in [3.05, 3.63) is 66.9 Å². The Labute approximate surface area is 182 Å². The Hall–Kier alpha value is -3.78. The molecule has 0 saturated heterocycles. The lowest BCUT2D eigenvalue weighted by molar-refractivity contribution is -0.121. The molecule has 1 aliphatic rings. The number of rotatable bonds is 5. The molecule has 3 heterocycles. The van der Waals surface area contributed by atoms with Gasteiger partial charge in [-0.25, -0.2) is 9.97 Å². The molecule has 5 rings (SSSR count). The monoisotopic (exact) mass is 430 g/mol. The highest BCUT2D eigenvalue weighted by atomic mass is 32.1. The number of carbonyl (C=O) groups excluding carboxylic acids is 2. The molecular formula is C23H18N4O3S. The van der Waals surface area contributed by atoms with Crippen molar-refractivity contribution in [3.8, 4) is 16.3 Å². The number of thiazole rings is 1. The minimum atomic E-state index is -0.211. The van der Waals surface area contributed by atoms with Crippen molar-refractivity contribution < 1.29 is 14.3 Å². The van der Waals surface area contributed by atoms with E-state index in [1.165, 1.54) is 0 Å². The maximum Gasteiger partial charge on any atom is 0.265 e. The second kappa shape index (κ2) is 8.16. The number of fused-ring (bicyclic) bond motifs is 2. The Morgan fingerprint density at radius 2 is 1.94 bits per heavy atom. The highest BCUT2D eigenvalue weighted by molar-refractivity contribution is 7.21. The lowest BCUT2D eigenvalue weighted by Gasteiger charge is -2.29. The van der Waals surface area contributed by atoms with Gasteiger partial charge in [0.25, 0.3) is 5.91 Å². The van der Waals surface area contributed by atoms with Crippen LogP contribution < -0.4 is 15.0 Å². The zero-order valence-electron chi connectivity index (χ0n) is 16.4. The number of benzene rings is 2. The molecule has 2 aromatic heterocycles. The first-order valence-electron chi connectivity index (χ1n) is 9.81. The van der Waals surface area contributed by atoms with Crippen LogP contribution in [0.5, 0.6) is 5.75 Å². The van der Waals surface area contributed by atoms with Crippen molar-refractivity contribution in [2.24, 2.45) is 0 Å². The normalized spacial score (nSPS) is 13.0. The summed E-state index contributed by atoms with van der Waals surface area (Å²) in [4.78, 5) is 35.2. The Morgan fingerprint density at radius 3 is 2.77 bits per heavy atom. The van der Waals surface area contributed by atoms with E-state index in [9.17, 15) is 9.59 Å². The summed E-state index contributed by atoms with van der Waals surface area (Å²) in [7, 11) is 0. The van der Waals surface area contributed by atoms with Crippen LogP contribution in [0.2, 0.25) is 0 Å². The first-order chi connectivity index (χ1) is 15.2. The van der Waals surface area contributed by atoms with Crippen LogP contribution in [0.1, 0.15) is 6.42 Å². The Morgan fingerprint density at radius 1 is 1.10 bits per heavy atom. The summed E-state index contributed by atoms with van der Waals surface area (Å²) < 4.78 is 6.55. The summed E-state index contributed by atoms with van der Waals surface area (Å²) in [6.07, 6.45) is 1.86. The van der Waals surface area contributed by atoms with E-state index in [0.29, 0.717) is 17.3 Å². The number of hydrogen-bond acceptors (Lipinski definition) is 6. The number of anilines is 2. The molecule has 31 heavy (non-hydrogen) atoms. The summed E-state index contributed by atoms with van der Waals surface area (Å²) in [5.74, 6) is 0.736. The molecule has 0 radical (unpaired) electrons. The third-order valence-corrected chi connectivity index (χ3v) is 6.03. The van der Waals surface area contributed by atoms with Crippen molar-refractivity contribution in [2.45, 2.75) is 6.42 Å². The molecular weight excluding hydrogens is 412 g/mol. The molecule has 4 aromatic rings. The maximum absolute atomic E-state index is 12.4. The number of hydrogen-bond donors (Lipinski definition) is 1. The van der Waals surface area contributed by atoms with Crippen LogP contribution in [0.25, 0.3) is 20.8 Å². The Bertz CT molecular complexity index is 1240. The zero-order chi connectivity index (χ0) is 21.2. The van der Waals surface area contributed by atoms with Gasteiger partial charge in [-0.2, -0.15) is 0 Å². The largest absolute Gasteiger partial charge is 0.482 e. The topological polar surface area (TPSA) is 84.4 Å². The van der Waals surface area contributed by atoms with Gasteiger partial charge in [0.15, 0.2) is 6.61 Å². The van der Waals surface area contributed by atoms with Gasteiger partial charge in [-0.05, 0) is 36.4 Å². The third kappa shape index (κ3) is 3.97. The SMILES string of the molecule is O=C(CCN1C(=O)COc2ccccc21)Nc1ccc(-c2nc3ccccc3s2)cn1. The van der Waals surface area contributed by atoms with Crippen molar-refractivity contribution in [1.82, 2.24) is 9.97 Å². The van der Waals surface area contributed by atoms with E-state index in [-0.39, 0.29) is 31.4 Å². The first kappa shape index (κ1) is 19.2. The molecule has 0 aliphatic carbocycles. The Kier molecular flexibility index (Phi) is 5.05. The summed E-state index contributed by atoms with van der Waals surface area (Å²) in [5, 5.41) is 3.67. The van der Waals surface area contributed by atoms with Crippen LogP contribution in [0, 0.1) is 0 Å². The van der Waals surface area contributed by atoms with Crippen LogP contribution in [0.15, 0.2) is 66.9 Å². The van der Waals surface area contributed by atoms with Crippen LogP contribution in [-0.2, 0) is 9.59 Å². The average molecular weight is 430 g/mol. The standard InChI is InChI=1S/C23H18N4O3S/c28-21(11-12-27-17-6-2-3-7-18(17)30-14-22(27)29)26-20-10-9-15(13-24-20)23-25-16-5-1-4-8-19(16)31-23/h1-10,13H,11-12,14H2,(H,24,26,28). The molecule has 0 atom stereocenters. The summed E-state index contributed by atoms with van der Waals surface area (Å²) >= 11 is 1.60. The lowest BCUT2D eigenvalue weighted by Crippen LogP contribution is -2.40. The summed E-state index contributed by atoms with van der Waals surface area (Å²) in [5.41, 5.74) is 2.54. The number of para-hydroxylation sites is 3. The molecule has 154 valence electrons. The second-order valence-electron chi connectivity index (χ2n) is 7.02. The smallest absolute Gasteiger partial charge is 0.265 e. The number of nitrogens with zero attached hydrogens (tertiary/aromatic N) is 3. The van der Waals surface area contributed by atoms with Crippen molar-refractivity contribution >= 4 is 44.9 Å². The van der Waals surface area contributed by atoms with Crippen LogP contribution in [0.4, 0.5) is 11.5 Å². The number of aromatic nitrogens is 2. The highest BCUT2D eigenvalue weighted by Crippen LogP contribution is 2.32. The van der Waals surface area contributed by atoms with Crippen LogP contribution in [0.3, 0.4) is 0 Å². The molecule has 7 nitrogen and oxygen atoms in total.